The van der Waals surface area contributed by atoms with Gasteiger partial charge in [-0.15, -0.1) is 0 Å². The summed E-state index contributed by atoms with van der Waals surface area (Å²) in [5.41, 5.74) is -6.38. The van der Waals surface area contributed by atoms with Crippen molar-refractivity contribution in [3.63, 3.8) is 0 Å². The van der Waals surface area contributed by atoms with Crippen molar-refractivity contribution in [2.45, 2.75) is 197 Å². The molecule has 19 atom stereocenters. The highest BCUT2D eigenvalue weighted by Gasteiger charge is 2.61. The Bertz CT molecular complexity index is 1480. The molecule has 0 amide bonds. The molecule has 19 heteroatoms. The third-order valence-corrected chi connectivity index (χ3v) is 14.5. The van der Waals surface area contributed by atoms with E-state index >= 15 is 0 Å². The number of likely N-dealkylation sites (N-methyl/N-ethyl adjacent to an activating group) is 1. The first-order valence-electron chi connectivity index (χ1n) is 22.4. The molecule has 5 aliphatic heterocycles. The summed E-state index contributed by atoms with van der Waals surface area (Å²) in [4.78, 5) is 17.7. The standard InChI is InChI=1S/C43H76F3N3O13/c1-13-30-41(10,53)34(50)27(6)47-21-23(2)19-39(8,52)35(62-37-33-29(18-24(3)57-37)48(11)38(61-33)43(44,45)46)25(4)32(26(5)36(51)59-30)60-31-20-40(9,55-12)42(54,28(7)58-31)22-49-14-16-56-17-15-49/h23-35,37-38,47,50,52-54H,13-22H2,1-12H3/t23?,24-,25?,26?,27?,28+,29+,30?,31+,32?,33-,34?,35?,37+,38?,39?,40-,41?,42+/m1/s1. The molecule has 62 heavy (non-hydrogen) atoms. The van der Waals surface area contributed by atoms with Crippen molar-refractivity contribution < 1.29 is 76.3 Å². The van der Waals surface area contributed by atoms with Crippen LogP contribution in [0.4, 0.5) is 13.2 Å². The number of aliphatic hydroxyl groups is 4. The van der Waals surface area contributed by atoms with Crippen molar-refractivity contribution in [1.82, 2.24) is 15.1 Å². The fourth-order valence-electron chi connectivity index (χ4n) is 10.6. The van der Waals surface area contributed by atoms with Gasteiger partial charge in [0.05, 0.1) is 49.1 Å². The number of nitrogens with one attached hydrogen (secondary N) is 1. The maximum Gasteiger partial charge on any atom is 0.428 e. The minimum Gasteiger partial charge on any atom is -0.459 e. The second-order valence-electron chi connectivity index (χ2n) is 19.6. The van der Waals surface area contributed by atoms with Crippen molar-refractivity contribution in [2.24, 2.45) is 17.8 Å². The molecule has 0 spiro atoms. The van der Waals surface area contributed by atoms with Crippen LogP contribution in [0.2, 0.25) is 0 Å². The van der Waals surface area contributed by atoms with Crippen LogP contribution in [0.1, 0.15) is 94.9 Å². The Morgan fingerprint density at radius 3 is 2.19 bits per heavy atom. The Labute approximate surface area is 365 Å². The number of ether oxygens (including phenoxy) is 8. The van der Waals surface area contributed by atoms with Gasteiger partial charge in [-0.3, -0.25) is 14.6 Å². The molecule has 5 N–H and O–H groups in total. The number of esters is 1. The third-order valence-electron chi connectivity index (χ3n) is 14.5. The van der Waals surface area contributed by atoms with E-state index in [0.717, 1.165) is 4.90 Å². The molecule has 0 aromatic heterocycles. The fraction of sp³-hybridized carbons (Fsp3) is 0.977. The van der Waals surface area contributed by atoms with Gasteiger partial charge in [0, 0.05) is 51.2 Å². The quantitative estimate of drug-likeness (QED) is 0.224. The molecule has 0 aromatic rings. The van der Waals surface area contributed by atoms with Gasteiger partial charge in [-0.1, -0.05) is 20.8 Å². The van der Waals surface area contributed by atoms with E-state index in [1.165, 1.54) is 21.1 Å². The van der Waals surface area contributed by atoms with Crippen LogP contribution in [0, 0.1) is 17.8 Å². The second-order valence-corrected chi connectivity index (χ2v) is 19.6. The molecule has 5 aliphatic rings. The minimum absolute atomic E-state index is 0.00662. The molecular weight excluding hydrogens is 823 g/mol. The van der Waals surface area contributed by atoms with E-state index in [2.05, 4.69) is 10.2 Å². The Hall–Kier alpha value is -1.30. The lowest BCUT2D eigenvalue weighted by molar-refractivity contribution is -0.339. The molecule has 5 fully saturated rings. The second kappa shape index (κ2) is 19.9. The Morgan fingerprint density at radius 1 is 0.952 bits per heavy atom. The molecular formula is C43H76F3N3O13. The molecule has 5 rings (SSSR count). The van der Waals surface area contributed by atoms with Gasteiger partial charge >= 0.3 is 12.1 Å². The van der Waals surface area contributed by atoms with E-state index in [1.807, 2.05) is 6.92 Å². The van der Waals surface area contributed by atoms with Crippen molar-refractivity contribution in [2.75, 3.05) is 53.6 Å². The maximum atomic E-state index is 14.4. The van der Waals surface area contributed by atoms with Crippen molar-refractivity contribution in [3.8, 4) is 0 Å². The summed E-state index contributed by atoms with van der Waals surface area (Å²) >= 11 is 0. The molecule has 11 unspecified atom stereocenters. The van der Waals surface area contributed by atoms with Crippen LogP contribution in [0.3, 0.4) is 0 Å². The molecule has 362 valence electrons. The average molecular weight is 900 g/mol. The summed E-state index contributed by atoms with van der Waals surface area (Å²) in [7, 11) is 2.85. The summed E-state index contributed by atoms with van der Waals surface area (Å²) in [5, 5.41) is 51.4. The number of hydrogen-bond donors (Lipinski definition) is 5. The summed E-state index contributed by atoms with van der Waals surface area (Å²) in [6.07, 6.45) is -16.5. The first-order valence-corrected chi connectivity index (χ1v) is 22.4. The van der Waals surface area contributed by atoms with E-state index in [4.69, 9.17) is 37.9 Å². The molecule has 16 nitrogen and oxygen atoms in total. The minimum atomic E-state index is -4.70. The number of halogens is 3. The zero-order chi connectivity index (χ0) is 46.3. The summed E-state index contributed by atoms with van der Waals surface area (Å²) in [6, 6.07) is -1.40. The number of methoxy groups -OCH3 is 1. The normalized spacial score (nSPS) is 48.8. The molecule has 0 aliphatic carbocycles. The lowest BCUT2D eigenvalue weighted by Crippen LogP contribution is -2.70. The van der Waals surface area contributed by atoms with Crippen LogP contribution >= 0.6 is 0 Å². The number of carbonyl (C=O) groups is 1. The molecule has 0 aromatic carbocycles. The zero-order valence-corrected chi connectivity index (χ0v) is 38.7. The van der Waals surface area contributed by atoms with Gasteiger partial charge in [0.1, 0.15) is 35.1 Å². The van der Waals surface area contributed by atoms with Crippen LogP contribution < -0.4 is 5.32 Å². The first-order chi connectivity index (χ1) is 28.7. The lowest BCUT2D eigenvalue weighted by atomic mass is 9.74. The predicted molar refractivity (Wildman–Crippen MR) is 219 cm³/mol. The predicted octanol–water partition coefficient (Wildman–Crippen LogP) is 2.56. The van der Waals surface area contributed by atoms with Crippen LogP contribution in [0.5, 0.6) is 0 Å². The van der Waals surface area contributed by atoms with Crippen LogP contribution in [0.25, 0.3) is 0 Å². The zero-order valence-electron chi connectivity index (χ0n) is 38.7. The van der Waals surface area contributed by atoms with E-state index in [0.29, 0.717) is 26.3 Å². The number of cyclic esters (lactones) is 1. The number of rotatable bonds is 8. The van der Waals surface area contributed by atoms with Gasteiger partial charge in [-0.05, 0) is 87.2 Å². The van der Waals surface area contributed by atoms with E-state index in [1.54, 1.807) is 55.4 Å². The van der Waals surface area contributed by atoms with Crippen LogP contribution in [-0.2, 0) is 42.7 Å². The number of aliphatic hydroxyl groups excluding tert-OH is 1. The van der Waals surface area contributed by atoms with Gasteiger partial charge in [0.25, 0.3) is 0 Å². The van der Waals surface area contributed by atoms with Gasteiger partial charge in [0.2, 0.25) is 6.23 Å². The van der Waals surface area contributed by atoms with Crippen molar-refractivity contribution in [3.05, 3.63) is 0 Å². The molecule has 5 heterocycles. The number of hydrogen-bond acceptors (Lipinski definition) is 16. The molecule has 5 saturated heterocycles. The number of morpholine rings is 1. The summed E-state index contributed by atoms with van der Waals surface area (Å²) in [6.45, 7) is 19.6. The van der Waals surface area contributed by atoms with Gasteiger partial charge < -0.3 is 63.6 Å². The monoisotopic (exact) mass is 900 g/mol. The number of fused-ring (bicyclic) bond motifs is 1. The van der Waals surface area contributed by atoms with Crippen LogP contribution in [0.15, 0.2) is 0 Å². The number of β-amino-alcohol motifs (C(OH)–C–C–N with tert-alkyl or cyclic N) is 1. The highest BCUT2D eigenvalue weighted by molar-refractivity contribution is 5.73. The fourth-order valence-corrected chi connectivity index (χ4v) is 10.6. The highest BCUT2D eigenvalue weighted by Crippen LogP contribution is 2.45. The Morgan fingerprint density at radius 2 is 1.60 bits per heavy atom. The van der Waals surface area contributed by atoms with Crippen molar-refractivity contribution >= 4 is 5.97 Å². The average Bonchev–Trinajstić information content (AvgIpc) is 3.54. The topological polar surface area (TPSA) is 190 Å². The van der Waals surface area contributed by atoms with Gasteiger partial charge in [-0.25, -0.2) is 0 Å². The lowest BCUT2D eigenvalue weighted by Gasteiger charge is -2.55. The first kappa shape index (κ1) is 51.7. The van der Waals surface area contributed by atoms with E-state index in [-0.39, 0.29) is 44.7 Å². The SMILES string of the molecule is CCC1OC(=O)C(C)C(O[C@H]2C[C@@](C)(OC)[C@](O)(CN3CCOCC3)[C@H](C)O2)C(C)C(O[C@@H]2O[C@H](C)C[C@H]3[C@H]2OC(C(F)(F)F)N3C)C(C)(O)CC(C)CNC(C)C(O)C1(C)O. The largest absolute Gasteiger partial charge is 0.459 e. The highest BCUT2D eigenvalue weighted by atomic mass is 19.4. The molecule has 0 radical (unpaired) electrons. The molecule has 0 bridgehead atoms. The summed E-state index contributed by atoms with van der Waals surface area (Å²) < 4.78 is 92.4. The maximum absolute atomic E-state index is 14.4. The van der Waals surface area contributed by atoms with Gasteiger partial charge in [0.15, 0.2) is 12.6 Å². The number of alkyl halides is 3. The number of nitrogens with zero attached hydrogens (tertiary/aromatic N) is 2. The van der Waals surface area contributed by atoms with E-state index in [9.17, 15) is 38.4 Å². The Balaban J connectivity index is 1.56. The number of carbonyl (C=O) groups excluding carboxylic acids is 1. The smallest absolute Gasteiger partial charge is 0.428 e. The summed E-state index contributed by atoms with van der Waals surface area (Å²) in [5.74, 6) is -3.18. The Kier molecular flexibility index (Phi) is 16.6. The molecule has 0 saturated carbocycles. The third kappa shape index (κ3) is 10.8. The van der Waals surface area contributed by atoms with Crippen LogP contribution in [-0.4, -0.2) is 192 Å². The van der Waals surface area contributed by atoms with Gasteiger partial charge in [-0.2, -0.15) is 13.2 Å². The van der Waals surface area contributed by atoms with Crippen molar-refractivity contribution in [1.29, 1.82) is 0 Å². The van der Waals surface area contributed by atoms with E-state index < -0.39 is 120 Å².